The molecule has 8 nitrogen and oxygen atoms in total. The van der Waals surface area contributed by atoms with Crippen LogP contribution >= 0.6 is 0 Å². The standard InChI is InChI=1S/C13H20N2O2.C2H2O4/c16-11-8-13(5-1-2-6-13)12(17)15(11)10-4-3-7-14-9-10;3-1(4)2(5)6/h10,14H,1-9H2;(H,3,4)(H,5,6). The average Bonchev–Trinajstić information content (AvgIpc) is 3.07. The number of hydrogen-bond acceptors (Lipinski definition) is 5. The number of carbonyl (C=O) groups is 4. The van der Waals surface area contributed by atoms with Gasteiger partial charge in [-0.3, -0.25) is 14.5 Å². The zero-order valence-electron chi connectivity index (χ0n) is 12.9. The van der Waals surface area contributed by atoms with Gasteiger partial charge in [0.2, 0.25) is 11.8 Å². The van der Waals surface area contributed by atoms with Crippen LogP contribution in [-0.4, -0.2) is 58.0 Å². The lowest BCUT2D eigenvalue weighted by molar-refractivity contribution is -0.159. The minimum absolute atomic E-state index is 0.0746. The molecule has 1 unspecified atom stereocenters. The zero-order valence-corrected chi connectivity index (χ0v) is 12.9. The molecule has 1 saturated carbocycles. The number of nitrogens with zero attached hydrogens (tertiary/aromatic N) is 1. The third-order valence-electron chi connectivity index (χ3n) is 4.81. The lowest BCUT2D eigenvalue weighted by Crippen LogP contribution is -2.49. The van der Waals surface area contributed by atoms with Crippen LogP contribution in [-0.2, 0) is 19.2 Å². The molecular formula is C15H22N2O6. The SMILES string of the molecule is O=C(O)C(=O)O.O=C1CC2(CCCC2)C(=O)N1C1CCCNC1. The van der Waals surface area contributed by atoms with Crippen molar-refractivity contribution in [3.63, 3.8) is 0 Å². The van der Waals surface area contributed by atoms with Crippen LogP contribution < -0.4 is 5.32 Å². The first-order chi connectivity index (χ1) is 10.9. The summed E-state index contributed by atoms with van der Waals surface area (Å²) in [6, 6.07) is 0.115. The van der Waals surface area contributed by atoms with Crippen molar-refractivity contribution in [3.05, 3.63) is 0 Å². The zero-order chi connectivity index (χ0) is 17.0. The van der Waals surface area contributed by atoms with Crippen molar-refractivity contribution in [2.45, 2.75) is 51.0 Å². The summed E-state index contributed by atoms with van der Waals surface area (Å²) in [7, 11) is 0. The highest BCUT2D eigenvalue weighted by molar-refractivity contribution is 6.27. The fraction of sp³-hybridized carbons (Fsp3) is 0.733. The Morgan fingerprint density at radius 1 is 1.09 bits per heavy atom. The summed E-state index contributed by atoms with van der Waals surface area (Å²) in [6.07, 6.45) is 6.58. The summed E-state index contributed by atoms with van der Waals surface area (Å²) < 4.78 is 0. The smallest absolute Gasteiger partial charge is 0.414 e. The van der Waals surface area contributed by atoms with Gasteiger partial charge in [0.05, 0.1) is 11.5 Å². The number of nitrogens with one attached hydrogen (secondary N) is 1. The van der Waals surface area contributed by atoms with Gasteiger partial charge in [0.25, 0.3) is 0 Å². The van der Waals surface area contributed by atoms with Gasteiger partial charge in [0, 0.05) is 13.0 Å². The molecule has 23 heavy (non-hydrogen) atoms. The van der Waals surface area contributed by atoms with Crippen LogP contribution in [0.5, 0.6) is 0 Å². The maximum absolute atomic E-state index is 12.5. The van der Waals surface area contributed by atoms with E-state index in [0.29, 0.717) is 6.42 Å². The van der Waals surface area contributed by atoms with E-state index in [9.17, 15) is 9.59 Å². The molecule has 1 atom stereocenters. The summed E-state index contributed by atoms with van der Waals surface area (Å²) >= 11 is 0. The number of rotatable bonds is 1. The third-order valence-corrected chi connectivity index (χ3v) is 4.81. The van der Waals surface area contributed by atoms with E-state index in [1.165, 1.54) is 0 Å². The van der Waals surface area contributed by atoms with Gasteiger partial charge in [-0.15, -0.1) is 0 Å². The number of aliphatic carboxylic acids is 2. The Morgan fingerprint density at radius 3 is 2.17 bits per heavy atom. The van der Waals surface area contributed by atoms with Crippen LogP contribution in [0.1, 0.15) is 44.9 Å². The van der Waals surface area contributed by atoms with Gasteiger partial charge in [-0.1, -0.05) is 12.8 Å². The molecule has 3 rings (SSSR count). The predicted molar refractivity (Wildman–Crippen MR) is 78.5 cm³/mol. The fourth-order valence-electron chi connectivity index (χ4n) is 3.68. The number of hydrogen-bond donors (Lipinski definition) is 3. The molecule has 2 heterocycles. The molecule has 1 aliphatic carbocycles. The molecule has 8 heteroatoms. The van der Waals surface area contributed by atoms with Crippen molar-refractivity contribution < 1.29 is 29.4 Å². The van der Waals surface area contributed by atoms with Gasteiger partial charge >= 0.3 is 11.9 Å². The van der Waals surface area contributed by atoms with Crippen LogP contribution in [0.3, 0.4) is 0 Å². The monoisotopic (exact) mass is 326 g/mol. The first-order valence-corrected chi connectivity index (χ1v) is 7.91. The lowest BCUT2D eigenvalue weighted by Gasteiger charge is -2.31. The molecule has 0 bridgehead atoms. The van der Waals surface area contributed by atoms with Crippen LogP contribution in [0.2, 0.25) is 0 Å². The van der Waals surface area contributed by atoms with E-state index >= 15 is 0 Å². The number of piperidine rings is 1. The maximum Gasteiger partial charge on any atom is 0.414 e. The van der Waals surface area contributed by atoms with Gasteiger partial charge in [-0.2, -0.15) is 0 Å². The summed E-state index contributed by atoms with van der Waals surface area (Å²) in [5.74, 6) is -3.44. The van der Waals surface area contributed by atoms with E-state index in [-0.39, 0.29) is 23.3 Å². The number of carboxylic acid groups (broad SMARTS) is 2. The van der Waals surface area contributed by atoms with E-state index in [0.717, 1.165) is 51.6 Å². The molecule has 3 fully saturated rings. The van der Waals surface area contributed by atoms with E-state index in [2.05, 4.69) is 5.32 Å². The Hall–Kier alpha value is -1.96. The molecule has 1 spiro atoms. The summed E-state index contributed by atoms with van der Waals surface area (Å²) in [6.45, 7) is 1.80. The Morgan fingerprint density at radius 2 is 1.70 bits per heavy atom. The number of amides is 2. The number of likely N-dealkylation sites (tertiary alicyclic amines) is 1. The predicted octanol–water partition coefficient (Wildman–Crippen LogP) is 0.213. The molecule has 3 aliphatic rings. The molecule has 3 N–H and O–H groups in total. The van der Waals surface area contributed by atoms with Crippen LogP contribution in [0.4, 0.5) is 0 Å². The molecule has 2 aliphatic heterocycles. The van der Waals surface area contributed by atoms with Crippen molar-refractivity contribution >= 4 is 23.8 Å². The van der Waals surface area contributed by atoms with Gasteiger partial charge in [0.1, 0.15) is 0 Å². The molecule has 2 amide bonds. The number of carbonyl (C=O) groups excluding carboxylic acids is 2. The van der Waals surface area contributed by atoms with Gasteiger partial charge in [-0.25, -0.2) is 9.59 Å². The molecule has 0 aromatic carbocycles. The molecule has 0 aromatic heterocycles. The normalized spacial score (nSPS) is 26.1. The fourth-order valence-corrected chi connectivity index (χ4v) is 3.68. The highest BCUT2D eigenvalue weighted by Crippen LogP contribution is 2.47. The Labute approximate surface area is 133 Å². The van der Waals surface area contributed by atoms with Crippen molar-refractivity contribution in [1.82, 2.24) is 10.2 Å². The summed E-state index contributed by atoms with van der Waals surface area (Å²) in [5, 5.41) is 18.1. The lowest BCUT2D eigenvalue weighted by atomic mass is 9.84. The van der Waals surface area contributed by atoms with Gasteiger partial charge in [-0.05, 0) is 32.2 Å². The second-order valence-electron chi connectivity index (χ2n) is 6.34. The molecule has 128 valence electrons. The quantitative estimate of drug-likeness (QED) is 0.465. The molecular weight excluding hydrogens is 304 g/mol. The summed E-state index contributed by atoms with van der Waals surface area (Å²) in [5.41, 5.74) is -0.297. The Balaban J connectivity index is 0.000000277. The number of imide groups is 1. The van der Waals surface area contributed by atoms with E-state index < -0.39 is 11.9 Å². The summed E-state index contributed by atoms with van der Waals surface area (Å²) in [4.78, 5) is 44.4. The minimum atomic E-state index is -1.82. The van der Waals surface area contributed by atoms with E-state index in [4.69, 9.17) is 19.8 Å². The van der Waals surface area contributed by atoms with Crippen LogP contribution in [0.25, 0.3) is 0 Å². The van der Waals surface area contributed by atoms with Gasteiger partial charge in [0.15, 0.2) is 0 Å². The third kappa shape index (κ3) is 3.69. The first-order valence-electron chi connectivity index (χ1n) is 7.91. The average molecular weight is 326 g/mol. The largest absolute Gasteiger partial charge is 0.473 e. The highest BCUT2D eigenvalue weighted by Gasteiger charge is 2.54. The van der Waals surface area contributed by atoms with Crippen molar-refractivity contribution in [3.8, 4) is 0 Å². The maximum atomic E-state index is 12.5. The molecule has 0 aromatic rings. The first kappa shape index (κ1) is 17.4. The van der Waals surface area contributed by atoms with Crippen LogP contribution in [0, 0.1) is 5.41 Å². The molecule has 2 saturated heterocycles. The van der Waals surface area contributed by atoms with Crippen molar-refractivity contribution in [2.24, 2.45) is 5.41 Å². The van der Waals surface area contributed by atoms with E-state index in [1.807, 2.05) is 0 Å². The number of carboxylic acids is 2. The van der Waals surface area contributed by atoms with Crippen molar-refractivity contribution in [2.75, 3.05) is 13.1 Å². The van der Waals surface area contributed by atoms with Crippen molar-refractivity contribution in [1.29, 1.82) is 0 Å². The minimum Gasteiger partial charge on any atom is -0.473 e. The second-order valence-corrected chi connectivity index (χ2v) is 6.34. The topological polar surface area (TPSA) is 124 Å². The van der Waals surface area contributed by atoms with Gasteiger partial charge < -0.3 is 15.5 Å². The Bertz CT molecular complexity index is 494. The second kappa shape index (κ2) is 7.08. The Kier molecular flexibility index (Phi) is 5.35. The molecule has 0 radical (unpaired) electrons. The van der Waals surface area contributed by atoms with E-state index in [1.54, 1.807) is 4.90 Å². The highest BCUT2D eigenvalue weighted by atomic mass is 16.4. The van der Waals surface area contributed by atoms with Crippen LogP contribution in [0.15, 0.2) is 0 Å².